The molecule has 0 fully saturated rings. The second-order valence-electron chi connectivity index (χ2n) is 8.54. The average Bonchev–Trinajstić information content (AvgIpc) is 2.93. The largest absolute Gasteiger partial charge is 0.497 e. The lowest BCUT2D eigenvalue weighted by Gasteiger charge is -2.36. The van der Waals surface area contributed by atoms with Crippen LogP contribution < -0.4 is 9.47 Å². The van der Waals surface area contributed by atoms with Crippen LogP contribution in [0.25, 0.3) is 28.0 Å². The molecule has 1 atom stereocenters. The highest BCUT2D eigenvalue weighted by molar-refractivity contribution is 5.94. The molecular formula is C32H24O2. The summed E-state index contributed by atoms with van der Waals surface area (Å²) in [5.41, 5.74) is 4.97. The van der Waals surface area contributed by atoms with Crippen molar-refractivity contribution in [2.24, 2.45) is 0 Å². The summed E-state index contributed by atoms with van der Waals surface area (Å²) in [6.45, 7) is 0. The summed E-state index contributed by atoms with van der Waals surface area (Å²) < 4.78 is 12.3. The molecule has 6 rings (SSSR count). The Hall–Kier alpha value is -4.30. The van der Waals surface area contributed by atoms with E-state index in [1.54, 1.807) is 7.11 Å². The van der Waals surface area contributed by atoms with Gasteiger partial charge in [0.2, 0.25) is 0 Å². The maximum atomic E-state index is 6.88. The van der Waals surface area contributed by atoms with E-state index in [2.05, 4.69) is 109 Å². The molecule has 0 saturated heterocycles. The second-order valence-corrected chi connectivity index (χ2v) is 8.54. The molecule has 0 amide bonds. The van der Waals surface area contributed by atoms with Gasteiger partial charge in [0.25, 0.3) is 0 Å². The molecular weight excluding hydrogens is 416 g/mol. The Morgan fingerprint density at radius 1 is 0.647 bits per heavy atom. The first-order valence-corrected chi connectivity index (χ1v) is 11.5. The van der Waals surface area contributed by atoms with E-state index in [9.17, 15) is 0 Å². The van der Waals surface area contributed by atoms with Crippen LogP contribution >= 0.6 is 0 Å². The van der Waals surface area contributed by atoms with Crippen molar-refractivity contribution in [3.8, 4) is 22.6 Å². The van der Waals surface area contributed by atoms with E-state index in [1.807, 2.05) is 18.2 Å². The summed E-state index contributed by atoms with van der Waals surface area (Å²) in [7, 11) is 1.69. The fourth-order valence-corrected chi connectivity index (χ4v) is 4.81. The van der Waals surface area contributed by atoms with Crippen molar-refractivity contribution in [2.75, 3.05) is 7.11 Å². The highest BCUT2D eigenvalue weighted by Crippen LogP contribution is 2.44. The van der Waals surface area contributed by atoms with E-state index in [1.165, 1.54) is 11.1 Å². The summed E-state index contributed by atoms with van der Waals surface area (Å²) in [5.74, 6) is 1.72. The fourth-order valence-electron chi connectivity index (χ4n) is 4.81. The maximum Gasteiger partial charge on any atom is 0.178 e. The van der Waals surface area contributed by atoms with Gasteiger partial charge in [-0.15, -0.1) is 0 Å². The molecule has 2 heteroatoms. The Bertz CT molecular complexity index is 1490. The third-order valence-corrected chi connectivity index (χ3v) is 6.61. The number of benzene rings is 5. The Kier molecular flexibility index (Phi) is 4.92. The van der Waals surface area contributed by atoms with Crippen molar-refractivity contribution in [2.45, 2.75) is 5.60 Å². The molecule has 1 unspecified atom stereocenters. The van der Waals surface area contributed by atoms with Crippen LogP contribution in [0.1, 0.15) is 16.7 Å². The molecule has 5 aromatic rings. The van der Waals surface area contributed by atoms with Crippen LogP contribution in [0.15, 0.2) is 121 Å². The van der Waals surface area contributed by atoms with Gasteiger partial charge < -0.3 is 9.47 Å². The quantitative estimate of drug-likeness (QED) is 0.283. The van der Waals surface area contributed by atoms with Crippen molar-refractivity contribution in [1.82, 2.24) is 0 Å². The lowest BCUT2D eigenvalue weighted by atomic mass is 9.82. The van der Waals surface area contributed by atoms with Crippen molar-refractivity contribution >= 4 is 16.8 Å². The predicted octanol–water partition coefficient (Wildman–Crippen LogP) is 7.86. The van der Waals surface area contributed by atoms with Gasteiger partial charge in [-0.3, -0.25) is 0 Å². The maximum absolute atomic E-state index is 6.88. The zero-order chi connectivity index (χ0) is 23.0. The lowest BCUT2D eigenvalue weighted by molar-refractivity contribution is 0.161. The normalized spacial score (nSPS) is 16.6. The SMILES string of the molecule is COc1ccc2c3c(ccc2c1)OC(c1ccccc1)(c1ccc(-c2ccccc2)cc1)C=C3. The molecule has 1 heterocycles. The van der Waals surface area contributed by atoms with Gasteiger partial charge >= 0.3 is 0 Å². The Morgan fingerprint density at radius 3 is 2.06 bits per heavy atom. The Balaban J connectivity index is 1.48. The summed E-state index contributed by atoms with van der Waals surface area (Å²) in [6.07, 6.45) is 4.39. The van der Waals surface area contributed by atoms with Gasteiger partial charge in [-0.25, -0.2) is 0 Å². The fraction of sp³-hybridized carbons (Fsp3) is 0.0625. The van der Waals surface area contributed by atoms with Gasteiger partial charge in [0, 0.05) is 16.7 Å². The molecule has 2 nitrogen and oxygen atoms in total. The van der Waals surface area contributed by atoms with Gasteiger partial charge in [-0.05, 0) is 58.3 Å². The highest BCUT2D eigenvalue weighted by atomic mass is 16.5. The van der Waals surface area contributed by atoms with E-state index in [4.69, 9.17) is 9.47 Å². The van der Waals surface area contributed by atoms with Crippen LogP contribution in [0, 0.1) is 0 Å². The molecule has 5 aromatic carbocycles. The number of hydrogen-bond acceptors (Lipinski definition) is 2. The minimum Gasteiger partial charge on any atom is -0.497 e. The van der Waals surface area contributed by atoms with Gasteiger partial charge in [-0.2, -0.15) is 0 Å². The van der Waals surface area contributed by atoms with E-state index in [0.29, 0.717) is 0 Å². The molecule has 34 heavy (non-hydrogen) atoms. The first-order valence-electron chi connectivity index (χ1n) is 11.5. The van der Waals surface area contributed by atoms with Gasteiger partial charge in [0.1, 0.15) is 11.5 Å². The molecule has 1 aliphatic heterocycles. The van der Waals surface area contributed by atoms with E-state index < -0.39 is 5.60 Å². The van der Waals surface area contributed by atoms with Crippen LogP contribution in [0.4, 0.5) is 0 Å². The van der Waals surface area contributed by atoms with Crippen molar-refractivity contribution in [3.63, 3.8) is 0 Å². The standard InChI is InChI=1S/C32H24O2/c1-33-28-17-18-29-25(22-28)14-19-31-30(29)20-21-32(34-31,26-10-6-3-7-11-26)27-15-12-24(13-16-27)23-8-4-2-5-9-23/h2-22H,1H3. The molecule has 0 aromatic heterocycles. The number of fused-ring (bicyclic) bond motifs is 3. The highest BCUT2D eigenvalue weighted by Gasteiger charge is 2.37. The van der Waals surface area contributed by atoms with Crippen LogP contribution in [-0.4, -0.2) is 7.11 Å². The van der Waals surface area contributed by atoms with Crippen molar-refractivity contribution in [3.05, 3.63) is 138 Å². The minimum atomic E-state index is -0.705. The lowest BCUT2D eigenvalue weighted by Crippen LogP contribution is -2.34. The molecule has 0 aliphatic carbocycles. The summed E-state index contributed by atoms with van der Waals surface area (Å²) >= 11 is 0. The Labute approximate surface area is 199 Å². The molecule has 0 saturated carbocycles. The first kappa shape index (κ1) is 20.3. The topological polar surface area (TPSA) is 18.5 Å². The zero-order valence-electron chi connectivity index (χ0n) is 18.9. The molecule has 0 spiro atoms. The first-order chi connectivity index (χ1) is 16.8. The Morgan fingerprint density at radius 2 is 1.32 bits per heavy atom. The second kappa shape index (κ2) is 8.24. The van der Waals surface area contributed by atoms with Gasteiger partial charge in [0.05, 0.1) is 7.11 Å². The molecule has 1 aliphatic rings. The van der Waals surface area contributed by atoms with Crippen LogP contribution in [0.5, 0.6) is 11.5 Å². The predicted molar refractivity (Wildman–Crippen MR) is 139 cm³/mol. The summed E-state index contributed by atoms with van der Waals surface area (Å²) in [6, 6.07) is 39.9. The molecule has 164 valence electrons. The third kappa shape index (κ3) is 3.36. The van der Waals surface area contributed by atoms with Gasteiger partial charge in [0.15, 0.2) is 5.60 Å². The number of methoxy groups -OCH3 is 1. The van der Waals surface area contributed by atoms with E-state index in [-0.39, 0.29) is 0 Å². The van der Waals surface area contributed by atoms with Crippen LogP contribution in [-0.2, 0) is 5.60 Å². The van der Waals surface area contributed by atoms with E-state index >= 15 is 0 Å². The molecule has 0 bridgehead atoms. The average molecular weight is 441 g/mol. The third-order valence-electron chi connectivity index (χ3n) is 6.61. The van der Waals surface area contributed by atoms with Crippen LogP contribution in [0.3, 0.4) is 0 Å². The smallest absolute Gasteiger partial charge is 0.178 e. The number of ether oxygens (including phenoxy) is 2. The van der Waals surface area contributed by atoms with Gasteiger partial charge in [-0.1, -0.05) is 91.0 Å². The monoisotopic (exact) mass is 440 g/mol. The summed E-state index contributed by atoms with van der Waals surface area (Å²) in [4.78, 5) is 0. The number of rotatable bonds is 4. The van der Waals surface area contributed by atoms with E-state index in [0.717, 1.165) is 39.0 Å². The van der Waals surface area contributed by atoms with Crippen molar-refractivity contribution in [1.29, 1.82) is 0 Å². The molecule has 0 N–H and O–H groups in total. The van der Waals surface area contributed by atoms with Crippen molar-refractivity contribution < 1.29 is 9.47 Å². The number of hydrogen-bond donors (Lipinski definition) is 0. The molecule has 0 radical (unpaired) electrons. The zero-order valence-corrected chi connectivity index (χ0v) is 18.9. The minimum absolute atomic E-state index is 0.705. The summed E-state index contributed by atoms with van der Waals surface area (Å²) in [5, 5.41) is 2.28. The van der Waals surface area contributed by atoms with Crippen LogP contribution in [0.2, 0.25) is 0 Å².